The second-order valence-corrected chi connectivity index (χ2v) is 4.28. The van der Waals surface area contributed by atoms with Gasteiger partial charge >= 0.3 is 0 Å². The van der Waals surface area contributed by atoms with Gasteiger partial charge in [0.15, 0.2) is 0 Å². The molecule has 1 heterocycles. The summed E-state index contributed by atoms with van der Waals surface area (Å²) in [7, 11) is 0. The predicted octanol–water partition coefficient (Wildman–Crippen LogP) is 3.95. The highest BCUT2D eigenvalue weighted by Gasteiger charge is 2.14. The topological polar surface area (TPSA) is 21.6 Å². The molecule has 0 fully saturated rings. The molecule has 3 heteroatoms. The summed E-state index contributed by atoms with van der Waals surface area (Å²) in [6, 6.07) is 15.5. The van der Waals surface area contributed by atoms with E-state index in [9.17, 15) is 0 Å². The molecule has 2 aromatic rings. The van der Waals surface area contributed by atoms with Gasteiger partial charge in [-0.1, -0.05) is 29.8 Å². The third kappa shape index (κ3) is 2.04. The number of halogens is 1. The molecule has 0 aliphatic carbocycles. The number of hydrogen-bond acceptors (Lipinski definition) is 2. The maximum atomic E-state index is 5.93. The molecule has 17 heavy (non-hydrogen) atoms. The largest absolute Gasteiger partial charge is 0.472 e. The summed E-state index contributed by atoms with van der Waals surface area (Å²) in [6.07, 6.45) is 0. The molecule has 0 saturated carbocycles. The highest BCUT2D eigenvalue weighted by atomic mass is 35.5. The molecule has 84 valence electrons. The van der Waals surface area contributed by atoms with Crippen molar-refractivity contribution in [3.05, 3.63) is 64.7 Å². The maximum absolute atomic E-state index is 5.93. The molecule has 1 aliphatic heterocycles. The SMILES string of the molecule is Clc1ccc2c(c1)COC(c1ccccc1)=N2. The van der Waals surface area contributed by atoms with Crippen LogP contribution in [-0.4, -0.2) is 5.90 Å². The highest BCUT2D eigenvalue weighted by Crippen LogP contribution is 2.28. The molecule has 0 N–H and O–H groups in total. The summed E-state index contributed by atoms with van der Waals surface area (Å²) in [4.78, 5) is 4.49. The van der Waals surface area contributed by atoms with Crippen molar-refractivity contribution in [3.63, 3.8) is 0 Å². The van der Waals surface area contributed by atoms with Crippen LogP contribution >= 0.6 is 11.6 Å². The lowest BCUT2D eigenvalue weighted by Crippen LogP contribution is -2.10. The average Bonchev–Trinajstić information content (AvgIpc) is 2.39. The lowest BCUT2D eigenvalue weighted by Gasteiger charge is -2.17. The van der Waals surface area contributed by atoms with Crippen molar-refractivity contribution in [1.82, 2.24) is 0 Å². The van der Waals surface area contributed by atoms with Crippen molar-refractivity contribution in [1.29, 1.82) is 0 Å². The normalized spacial score (nSPS) is 13.6. The Morgan fingerprint density at radius 3 is 2.71 bits per heavy atom. The van der Waals surface area contributed by atoms with E-state index < -0.39 is 0 Å². The maximum Gasteiger partial charge on any atom is 0.221 e. The minimum Gasteiger partial charge on any atom is -0.472 e. The first kappa shape index (κ1) is 10.4. The lowest BCUT2D eigenvalue weighted by molar-refractivity contribution is 0.288. The zero-order chi connectivity index (χ0) is 11.7. The molecule has 0 radical (unpaired) electrons. The second-order valence-electron chi connectivity index (χ2n) is 3.84. The van der Waals surface area contributed by atoms with E-state index in [1.54, 1.807) is 0 Å². The van der Waals surface area contributed by atoms with Crippen LogP contribution in [0.3, 0.4) is 0 Å². The summed E-state index contributed by atoms with van der Waals surface area (Å²) < 4.78 is 5.64. The van der Waals surface area contributed by atoms with E-state index in [0.29, 0.717) is 17.5 Å². The minimum absolute atomic E-state index is 0.517. The number of hydrogen-bond donors (Lipinski definition) is 0. The molecule has 1 aliphatic rings. The van der Waals surface area contributed by atoms with Crippen molar-refractivity contribution < 1.29 is 4.74 Å². The van der Waals surface area contributed by atoms with E-state index in [0.717, 1.165) is 16.8 Å². The van der Waals surface area contributed by atoms with Crippen LogP contribution in [0.25, 0.3) is 0 Å². The van der Waals surface area contributed by atoms with Crippen LogP contribution in [0.5, 0.6) is 0 Å². The van der Waals surface area contributed by atoms with Gasteiger partial charge in [-0.05, 0) is 30.3 Å². The van der Waals surface area contributed by atoms with Crippen molar-refractivity contribution >= 4 is 23.2 Å². The van der Waals surface area contributed by atoms with Gasteiger partial charge in [-0.2, -0.15) is 0 Å². The summed E-state index contributed by atoms with van der Waals surface area (Å²) in [5.74, 6) is 0.667. The van der Waals surface area contributed by atoms with Crippen LogP contribution in [-0.2, 0) is 11.3 Å². The Morgan fingerprint density at radius 2 is 1.88 bits per heavy atom. The van der Waals surface area contributed by atoms with Gasteiger partial charge in [0.05, 0.1) is 5.69 Å². The van der Waals surface area contributed by atoms with Crippen LogP contribution in [0, 0.1) is 0 Å². The lowest BCUT2D eigenvalue weighted by atomic mass is 10.1. The quantitative estimate of drug-likeness (QED) is 0.743. The minimum atomic E-state index is 0.517. The third-order valence-corrected chi connectivity index (χ3v) is 2.88. The van der Waals surface area contributed by atoms with Crippen molar-refractivity contribution in [3.8, 4) is 0 Å². The molecule has 0 spiro atoms. The molecule has 2 nitrogen and oxygen atoms in total. The monoisotopic (exact) mass is 243 g/mol. The van der Waals surface area contributed by atoms with Gasteiger partial charge in [0.2, 0.25) is 5.90 Å². The summed E-state index contributed by atoms with van der Waals surface area (Å²) in [5, 5.41) is 0.714. The Kier molecular flexibility index (Phi) is 2.57. The number of aliphatic imine (C=N–C) groups is 1. The van der Waals surface area contributed by atoms with Gasteiger partial charge < -0.3 is 4.74 Å². The van der Waals surface area contributed by atoms with Gasteiger partial charge in [0.1, 0.15) is 6.61 Å². The van der Waals surface area contributed by atoms with Gasteiger partial charge in [-0.15, -0.1) is 0 Å². The van der Waals surface area contributed by atoms with E-state index in [1.807, 2.05) is 48.5 Å². The van der Waals surface area contributed by atoms with E-state index in [-0.39, 0.29) is 0 Å². The highest BCUT2D eigenvalue weighted by molar-refractivity contribution is 6.30. The first-order chi connectivity index (χ1) is 8.33. The molecule has 0 aromatic heterocycles. The van der Waals surface area contributed by atoms with Gasteiger partial charge in [0, 0.05) is 16.1 Å². The smallest absolute Gasteiger partial charge is 0.221 e. The molecule has 0 amide bonds. The van der Waals surface area contributed by atoms with E-state index in [1.165, 1.54) is 0 Å². The molecule has 0 unspecified atom stereocenters. The van der Waals surface area contributed by atoms with E-state index in [4.69, 9.17) is 16.3 Å². The number of fused-ring (bicyclic) bond motifs is 1. The molecular weight excluding hydrogens is 234 g/mol. The van der Waals surface area contributed by atoms with Crippen LogP contribution < -0.4 is 0 Å². The first-order valence-corrected chi connectivity index (χ1v) is 5.76. The fourth-order valence-electron chi connectivity index (χ4n) is 1.80. The number of ether oxygens (including phenoxy) is 1. The Hall–Kier alpha value is -1.80. The predicted molar refractivity (Wildman–Crippen MR) is 68.9 cm³/mol. The molecular formula is C14H10ClNO. The van der Waals surface area contributed by atoms with Gasteiger partial charge in [-0.3, -0.25) is 0 Å². The molecule has 0 bridgehead atoms. The van der Waals surface area contributed by atoms with E-state index in [2.05, 4.69) is 4.99 Å². The Bertz CT molecular complexity index is 578. The van der Waals surface area contributed by atoms with E-state index >= 15 is 0 Å². The summed E-state index contributed by atoms with van der Waals surface area (Å²) in [5.41, 5.74) is 2.95. The van der Waals surface area contributed by atoms with Crippen molar-refractivity contribution in [2.24, 2.45) is 4.99 Å². The Morgan fingerprint density at radius 1 is 1.06 bits per heavy atom. The zero-order valence-electron chi connectivity index (χ0n) is 9.06. The number of nitrogens with zero attached hydrogens (tertiary/aromatic N) is 1. The van der Waals surface area contributed by atoms with Crippen molar-refractivity contribution in [2.45, 2.75) is 6.61 Å². The fourth-order valence-corrected chi connectivity index (χ4v) is 1.99. The first-order valence-electron chi connectivity index (χ1n) is 5.38. The standard InChI is InChI=1S/C14H10ClNO/c15-12-6-7-13-11(8-12)9-17-14(16-13)10-4-2-1-3-5-10/h1-8H,9H2. The Balaban J connectivity index is 2.03. The van der Waals surface area contributed by atoms with Crippen LogP contribution in [0.4, 0.5) is 5.69 Å². The molecule has 0 saturated heterocycles. The zero-order valence-corrected chi connectivity index (χ0v) is 9.82. The third-order valence-electron chi connectivity index (χ3n) is 2.65. The van der Waals surface area contributed by atoms with Crippen molar-refractivity contribution in [2.75, 3.05) is 0 Å². The number of benzene rings is 2. The summed E-state index contributed by atoms with van der Waals surface area (Å²) in [6.45, 7) is 0.517. The number of rotatable bonds is 1. The molecule has 0 atom stereocenters. The second kappa shape index (κ2) is 4.22. The van der Waals surface area contributed by atoms with Crippen LogP contribution in [0.1, 0.15) is 11.1 Å². The fraction of sp³-hybridized carbons (Fsp3) is 0.0714. The summed E-state index contributed by atoms with van der Waals surface area (Å²) >= 11 is 5.93. The molecule has 3 rings (SSSR count). The van der Waals surface area contributed by atoms with Gasteiger partial charge in [0.25, 0.3) is 0 Å². The van der Waals surface area contributed by atoms with Crippen LogP contribution in [0.2, 0.25) is 5.02 Å². The average molecular weight is 244 g/mol. The van der Waals surface area contributed by atoms with Gasteiger partial charge in [-0.25, -0.2) is 4.99 Å². The van der Waals surface area contributed by atoms with Crippen LogP contribution in [0.15, 0.2) is 53.5 Å². The molecule has 2 aromatic carbocycles. The Labute approximate surface area is 105 Å².